The van der Waals surface area contributed by atoms with Crippen LogP contribution in [0.5, 0.6) is 0 Å². The Hall–Kier alpha value is -1.45. The number of rotatable bonds is 7. The Morgan fingerprint density at radius 1 is 1.00 bits per heavy atom. The number of hydrogen-bond acceptors (Lipinski definition) is 4. The van der Waals surface area contributed by atoms with E-state index in [4.69, 9.17) is 9.05 Å². The van der Waals surface area contributed by atoms with E-state index in [2.05, 4.69) is 5.32 Å². The Kier molecular flexibility index (Phi) is 5.92. The van der Waals surface area contributed by atoms with Gasteiger partial charge in [-0.3, -0.25) is 9.88 Å². The summed E-state index contributed by atoms with van der Waals surface area (Å²) in [6, 6.07) is 17.8. The van der Waals surface area contributed by atoms with Gasteiger partial charge in [0.1, 0.15) is 5.78 Å². The first-order valence-electron chi connectivity index (χ1n) is 7.14. The Morgan fingerprint density at radius 2 is 1.59 bits per heavy atom. The standard InChI is InChI=1S/C17H22NO3P/c1-14-9-11-16(12-10-14)17(22(19,20-2)21-3)18-13-15-7-5-4-6-8-15/h4-12,17-18H,13H2,1-3H3. The molecule has 118 valence electrons. The molecule has 0 aliphatic carbocycles. The van der Waals surface area contributed by atoms with E-state index in [1.807, 2.05) is 61.5 Å². The fourth-order valence-electron chi connectivity index (χ4n) is 2.26. The monoisotopic (exact) mass is 319 g/mol. The lowest BCUT2D eigenvalue weighted by atomic mass is 10.1. The number of nitrogens with one attached hydrogen (secondary N) is 1. The lowest BCUT2D eigenvalue weighted by Gasteiger charge is -2.26. The smallest absolute Gasteiger partial charge is 0.311 e. The van der Waals surface area contributed by atoms with E-state index < -0.39 is 13.4 Å². The van der Waals surface area contributed by atoms with Crippen molar-refractivity contribution >= 4 is 7.60 Å². The van der Waals surface area contributed by atoms with Crippen LogP contribution in [-0.2, 0) is 20.2 Å². The topological polar surface area (TPSA) is 47.6 Å². The molecule has 0 saturated heterocycles. The van der Waals surface area contributed by atoms with Crippen molar-refractivity contribution in [2.75, 3.05) is 14.2 Å². The van der Waals surface area contributed by atoms with Crippen molar-refractivity contribution in [2.24, 2.45) is 0 Å². The lowest BCUT2D eigenvalue weighted by Crippen LogP contribution is -2.22. The molecule has 2 aromatic carbocycles. The van der Waals surface area contributed by atoms with Crippen molar-refractivity contribution in [3.63, 3.8) is 0 Å². The fraction of sp³-hybridized carbons (Fsp3) is 0.294. The Labute approximate surface area is 132 Å². The highest BCUT2D eigenvalue weighted by Gasteiger charge is 2.35. The van der Waals surface area contributed by atoms with Crippen LogP contribution in [0.15, 0.2) is 54.6 Å². The van der Waals surface area contributed by atoms with Crippen LogP contribution >= 0.6 is 7.60 Å². The minimum absolute atomic E-state index is 0.511. The van der Waals surface area contributed by atoms with Crippen LogP contribution in [0.3, 0.4) is 0 Å². The van der Waals surface area contributed by atoms with Gasteiger partial charge in [0.15, 0.2) is 0 Å². The van der Waals surface area contributed by atoms with E-state index in [0.717, 1.165) is 16.7 Å². The van der Waals surface area contributed by atoms with Gasteiger partial charge < -0.3 is 9.05 Å². The van der Waals surface area contributed by atoms with Crippen molar-refractivity contribution in [1.29, 1.82) is 0 Å². The van der Waals surface area contributed by atoms with Gasteiger partial charge in [-0.2, -0.15) is 0 Å². The van der Waals surface area contributed by atoms with Crippen molar-refractivity contribution in [3.05, 3.63) is 71.3 Å². The van der Waals surface area contributed by atoms with E-state index in [1.165, 1.54) is 14.2 Å². The van der Waals surface area contributed by atoms with Crippen molar-refractivity contribution in [2.45, 2.75) is 19.3 Å². The molecule has 4 nitrogen and oxygen atoms in total. The molecule has 0 bridgehead atoms. The summed E-state index contributed by atoms with van der Waals surface area (Å²) in [6.45, 7) is 2.60. The number of hydrogen-bond donors (Lipinski definition) is 1. The van der Waals surface area contributed by atoms with E-state index in [-0.39, 0.29) is 0 Å². The van der Waals surface area contributed by atoms with Crippen LogP contribution in [0.25, 0.3) is 0 Å². The highest BCUT2D eigenvalue weighted by Crippen LogP contribution is 2.58. The zero-order valence-corrected chi connectivity index (χ0v) is 14.0. The molecule has 0 amide bonds. The van der Waals surface area contributed by atoms with Crippen LogP contribution in [0, 0.1) is 6.92 Å². The second kappa shape index (κ2) is 7.70. The van der Waals surface area contributed by atoms with Crippen molar-refractivity contribution < 1.29 is 13.6 Å². The minimum atomic E-state index is -3.28. The van der Waals surface area contributed by atoms with Gasteiger partial charge in [-0.25, -0.2) is 0 Å². The highest BCUT2D eigenvalue weighted by molar-refractivity contribution is 7.54. The van der Waals surface area contributed by atoms with Crippen LogP contribution in [0.1, 0.15) is 22.5 Å². The third kappa shape index (κ3) is 4.05. The molecular formula is C17H22NO3P. The van der Waals surface area contributed by atoms with Gasteiger partial charge in [-0.05, 0) is 18.1 Å². The molecule has 2 rings (SSSR count). The largest absolute Gasteiger partial charge is 0.351 e. The maximum Gasteiger partial charge on any atom is 0.351 e. The summed E-state index contributed by atoms with van der Waals surface area (Å²) in [5.74, 6) is -0.511. The molecular weight excluding hydrogens is 297 g/mol. The van der Waals surface area contributed by atoms with Crippen LogP contribution in [0.2, 0.25) is 0 Å². The first-order valence-corrected chi connectivity index (χ1v) is 8.75. The molecule has 1 unspecified atom stereocenters. The van der Waals surface area contributed by atoms with Crippen LogP contribution in [0.4, 0.5) is 0 Å². The molecule has 2 aromatic rings. The van der Waals surface area contributed by atoms with Crippen LogP contribution < -0.4 is 5.32 Å². The summed E-state index contributed by atoms with van der Waals surface area (Å²) >= 11 is 0. The molecule has 0 aliphatic heterocycles. The summed E-state index contributed by atoms with van der Waals surface area (Å²) < 4.78 is 23.2. The second-order valence-corrected chi connectivity index (χ2v) is 7.41. The molecule has 0 aromatic heterocycles. The molecule has 1 atom stereocenters. The molecule has 0 aliphatic rings. The molecule has 0 heterocycles. The van der Waals surface area contributed by atoms with E-state index in [1.54, 1.807) is 0 Å². The van der Waals surface area contributed by atoms with Gasteiger partial charge in [0.25, 0.3) is 0 Å². The fourth-order valence-corrected chi connectivity index (χ4v) is 3.68. The normalized spacial score (nSPS) is 13.0. The lowest BCUT2D eigenvalue weighted by molar-refractivity contribution is 0.259. The first-order chi connectivity index (χ1) is 10.6. The zero-order chi connectivity index (χ0) is 16.0. The Balaban J connectivity index is 2.25. The molecule has 0 saturated carbocycles. The summed E-state index contributed by atoms with van der Waals surface area (Å²) in [7, 11) is -0.452. The van der Waals surface area contributed by atoms with Gasteiger partial charge >= 0.3 is 7.60 Å². The van der Waals surface area contributed by atoms with Gasteiger partial charge in [0.2, 0.25) is 0 Å². The van der Waals surface area contributed by atoms with Gasteiger partial charge in [0.05, 0.1) is 0 Å². The molecule has 22 heavy (non-hydrogen) atoms. The van der Waals surface area contributed by atoms with Gasteiger partial charge in [-0.15, -0.1) is 0 Å². The number of benzene rings is 2. The molecule has 1 N–H and O–H groups in total. The Bertz CT molecular complexity index is 620. The van der Waals surface area contributed by atoms with Crippen molar-refractivity contribution in [3.8, 4) is 0 Å². The predicted octanol–water partition coefficient (Wildman–Crippen LogP) is 4.27. The third-order valence-corrected chi connectivity index (χ3v) is 5.69. The summed E-state index contributed by atoms with van der Waals surface area (Å²) in [5, 5.41) is 3.30. The molecule has 0 fully saturated rings. The maximum atomic E-state index is 12.9. The SMILES string of the molecule is COP(=O)(OC)C(NCc1ccccc1)c1ccc(C)cc1. The van der Waals surface area contributed by atoms with E-state index in [9.17, 15) is 4.57 Å². The third-order valence-electron chi connectivity index (χ3n) is 3.56. The Morgan fingerprint density at radius 3 is 2.14 bits per heavy atom. The highest BCUT2D eigenvalue weighted by atomic mass is 31.2. The van der Waals surface area contributed by atoms with Gasteiger partial charge in [-0.1, -0.05) is 60.2 Å². The maximum absolute atomic E-state index is 12.9. The van der Waals surface area contributed by atoms with Gasteiger partial charge in [0, 0.05) is 20.8 Å². The predicted molar refractivity (Wildman–Crippen MR) is 88.8 cm³/mol. The quantitative estimate of drug-likeness (QED) is 0.774. The average Bonchev–Trinajstić information content (AvgIpc) is 2.57. The molecule has 0 spiro atoms. The second-order valence-electron chi connectivity index (χ2n) is 5.08. The first kappa shape index (κ1) is 16.9. The summed E-state index contributed by atoms with van der Waals surface area (Å²) in [6.07, 6.45) is 0. The average molecular weight is 319 g/mol. The zero-order valence-electron chi connectivity index (χ0n) is 13.2. The summed E-state index contributed by atoms with van der Waals surface area (Å²) in [5.41, 5.74) is 3.14. The molecule has 0 radical (unpaired) electrons. The van der Waals surface area contributed by atoms with Crippen molar-refractivity contribution in [1.82, 2.24) is 5.32 Å². The number of aryl methyl sites for hydroxylation is 1. The minimum Gasteiger partial charge on any atom is -0.311 e. The van der Waals surface area contributed by atoms with E-state index in [0.29, 0.717) is 6.54 Å². The van der Waals surface area contributed by atoms with Crippen LogP contribution in [-0.4, -0.2) is 14.2 Å². The molecule has 5 heteroatoms. The summed E-state index contributed by atoms with van der Waals surface area (Å²) in [4.78, 5) is 0. The van der Waals surface area contributed by atoms with E-state index >= 15 is 0 Å².